The summed E-state index contributed by atoms with van der Waals surface area (Å²) in [5.74, 6) is 0.204. The molecule has 0 spiro atoms. The van der Waals surface area contributed by atoms with Crippen LogP contribution in [0.25, 0.3) is 5.69 Å². The summed E-state index contributed by atoms with van der Waals surface area (Å²) in [7, 11) is 0. The van der Waals surface area contributed by atoms with Crippen LogP contribution in [0, 0.1) is 21.9 Å². The summed E-state index contributed by atoms with van der Waals surface area (Å²) in [5, 5.41) is 15.5. The normalized spacial score (nSPS) is 10.2. The Morgan fingerprint density at radius 1 is 1.59 bits per heavy atom. The predicted molar refractivity (Wildman–Crippen MR) is 62.8 cm³/mol. The Labute approximate surface area is 102 Å². The van der Waals surface area contributed by atoms with Crippen LogP contribution in [0.15, 0.2) is 18.2 Å². The molecule has 2 rings (SSSR count). The first kappa shape index (κ1) is 11.5. The van der Waals surface area contributed by atoms with Gasteiger partial charge in [-0.25, -0.2) is 4.39 Å². The van der Waals surface area contributed by atoms with Gasteiger partial charge >= 0.3 is 0 Å². The van der Waals surface area contributed by atoms with E-state index in [1.165, 1.54) is 12.1 Å². The molecular weight excluding hydrogens is 239 g/mol. The van der Waals surface area contributed by atoms with Gasteiger partial charge in [0.15, 0.2) is 4.77 Å². The minimum Gasteiger partial charge on any atom is -0.272 e. The number of nitrogens with zero attached hydrogens (tertiary/aromatic N) is 3. The maximum atomic E-state index is 13.2. The zero-order valence-corrected chi connectivity index (χ0v) is 9.88. The molecule has 6 heteroatoms. The molecule has 0 atom stereocenters. The minimum absolute atomic E-state index is 0.00680. The molecule has 0 radical (unpaired) electrons. The fourth-order valence-electron chi connectivity index (χ4n) is 1.57. The van der Waals surface area contributed by atoms with E-state index in [0.717, 1.165) is 5.82 Å². The number of rotatable bonds is 2. The van der Waals surface area contributed by atoms with Crippen molar-refractivity contribution in [2.24, 2.45) is 0 Å². The monoisotopic (exact) mass is 248 g/mol. The Bertz CT molecular complexity index is 650. The molecule has 4 nitrogen and oxygen atoms in total. The van der Waals surface area contributed by atoms with Crippen LogP contribution in [0.1, 0.15) is 18.3 Å². The van der Waals surface area contributed by atoms with Gasteiger partial charge in [0.25, 0.3) is 0 Å². The summed E-state index contributed by atoms with van der Waals surface area (Å²) in [4.78, 5) is 0. The zero-order valence-electron chi connectivity index (χ0n) is 9.07. The summed E-state index contributed by atoms with van der Waals surface area (Å²) in [6.07, 6.45) is 0.687. The second-order valence-corrected chi connectivity index (χ2v) is 3.80. The van der Waals surface area contributed by atoms with Gasteiger partial charge in [-0.1, -0.05) is 6.92 Å². The van der Waals surface area contributed by atoms with Gasteiger partial charge in [-0.2, -0.15) is 10.4 Å². The number of hydrogen-bond donors (Lipinski definition) is 1. The van der Waals surface area contributed by atoms with Gasteiger partial charge < -0.3 is 0 Å². The molecule has 0 unspecified atom stereocenters. The van der Waals surface area contributed by atoms with Crippen molar-refractivity contribution >= 4 is 12.2 Å². The third kappa shape index (κ3) is 1.97. The number of H-pyrrole nitrogens is 1. The van der Waals surface area contributed by atoms with Crippen LogP contribution in [-0.2, 0) is 6.42 Å². The molecule has 17 heavy (non-hydrogen) atoms. The van der Waals surface area contributed by atoms with E-state index in [-0.39, 0.29) is 5.56 Å². The molecular formula is C11H9FN4S. The Balaban J connectivity index is 2.65. The number of aryl methyl sites for hydroxylation is 1. The molecule has 0 saturated heterocycles. The first-order valence-corrected chi connectivity index (χ1v) is 5.44. The fourth-order valence-corrected chi connectivity index (χ4v) is 1.83. The van der Waals surface area contributed by atoms with Gasteiger partial charge in [-0.05, 0) is 30.4 Å². The molecule has 2 aromatic rings. The molecule has 0 bridgehead atoms. The van der Waals surface area contributed by atoms with Gasteiger partial charge in [0.05, 0.1) is 11.3 Å². The molecule has 0 amide bonds. The molecule has 1 aromatic heterocycles. The van der Waals surface area contributed by atoms with Crippen molar-refractivity contribution in [2.75, 3.05) is 0 Å². The number of aromatic nitrogens is 3. The molecule has 0 aliphatic carbocycles. The number of halogens is 1. The maximum Gasteiger partial charge on any atom is 0.199 e. The second-order valence-electron chi connectivity index (χ2n) is 3.41. The highest BCUT2D eigenvalue weighted by atomic mass is 32.1. The van der Waals surface area contributed by atoms with E-state index in [2.05, 4.69) is 10.2 Å². The number of aromatic amines is 1. The number of hydrogen-bond acceptors (Lipinski definition) is 3. The van der Waals surface area contributed by atoms with Gasteiger partial charge in [0.2, 0.25) is 0 Å². The Morgan fingerprint density at radius 3 is 3.00 bits per heavy atom. The molecule has 1 heterocycles. The quantitative estimate of drug-likeness (QED) is 0.831. The van der Waals surface area contributed by atoms with E-state index < -0.39 is 5.82 Å². The third-order valence-electron chi connectivity index (χ3n) is 2.39. The molecule has 0 fully saturated rings. The highest BCUT2D eigenvalue weighted by molar-refractivity contribution is 7.71. The number of nitriles is 1. The van der Waals surface area contributed by atoms with Gasteiger partial charge in [0, 0.05) is 6.42 Å². The summed E-state index contributed by atoms with van der Waals surface area (Å²) in [6, 6.07) is 6.08. The summed E-state index contributed by atoms with van der Waals surface area (Å²) < 4.78 is 15.3. The van der Waals surface area contributed by atoms with Crippen molar-refractivity contribution in [2.45, 2.75) is 13.3 Å². The average Bonchev–Trinajstić information content (AvgIpc) is 2.71. The van der Waals surface area contributed by atoms with E-state index in [1.807, 2.05) is 6.92 Å². The Kier molecular flexibility index (Phi) is 3.02. The number of nitrogens with one attached hydrogen (secondary N) is 1. The minimum atomic E-state index is -0.538. The van der Waals surface area contributed by atoms with Crippen molar-refractivity contribution < 1.29 is 4.39 Å². The lowest BCUT2D eigenvalue weighted by Crippen LogP contribution is -2.01. The summed E-state index contributed by atoms with van der Waals surface area (Å²) in [5.41, 5.74) is 0.631. The maximum absolute atomic E-state index is 13.2. The van der Waals surface area contributed by atoms with Crippen molar-refractivity contribution in [3.63, 3.8) is 0 Å². The zero-order chi connectivity index (χ0) is 12.4. The van der Waals surface area contributed by atoms with Crippen molar-refractivity contribution in [3.8, 4) is 11.8 Å². The first-order valence-electron chi connectivity index (χ1n) is 5.03. The SMILES string of the molecule is CCc1n[nH]c(=S)n1-c1ccc(F)c(C#N)c1. The highest BCUT2D eigenvalue weighted by Crippen LogP contribution is 2.15. The molecule has 1 aromatic carbocycles. The smallest absolute Gasteiger partial charge is 0.199 e. The lowest BCUT2D eigenvalue weighted by molar-refractivity contribution is 0.623. The van der Waals surface area contributed by atoms with Crippen LogP contribution < -0.4 is 0 Å². The van der Waals surface area contributed by atoms with Gasteiger partial charge in [-0.3, -0.25) is 9.67 Å². The largest absolute Gasteiger partial charge is 0.272 e. The van der Waals surface area contributed by atoms with Crippen LogP contribution in [0.2, 0.25) is 0 Å². The average molecular weight is 248 g/mol. The Hall–Kier alpha value is -2.00. The lowest BCUT2D eigenvalue weighted by atomic mass is 10.2. The molecule has 1 N–H and O–H groups in total. The molecule has 0 aliphatic heterocycles. The molecule has 0 aliphatic rings. The molecule has 86 valence electrons. The van der Waals surface area contributed by atoms with Gasteiger partial charge in [0.1, 0.15) is 17.7 Å². The highest BCUT2D eigenvalue weighted by Gasteiger charge is 2.09. The standard InChI is InChI=1S/C11H9FN4S/c1-2-10-14-15-11(17)16(10)8-3-4-9(12)7(5-8)6-13/h3-5H,2H2,1H3,(H,15,17). The van der Waals surface area contributed by atoms with E-state index in [0.29, 0.717) is 16.9 Å². The van der Waals surface area contributed by atoms with Gasteiger partial charge in [-0.15, -0.1) is 0 Å². The van der Waals surface area contributed by atoms with Crippen molar-refractivity contribution in [1.29, 1.82) is 5.26 Å². The predicted octanol–water partition coefficient (Wildman–Crippen LogP) is 2.50. The van der Waals surface area contributed by atoms with E-state index in [9.17, 15) is 4.39 Å². The first-order chi connectivity index (χ1) is 8.17. The topological polar surface area (TPSA) is 57.4 Å². The fraction of sp³-hybridized carbons (Fsp3) is 0.182. The summed E-state index contributed by atoms with van der Waals surface area (Å²) in [6.45, 7) is 1.94. The van der Waals surface area contributed by atoms with Crippen LogP contribution >= 0.6 is 12.2 Å². The summed E-state index contributed by atoms with van der Waals surface area (Å²) >= 11 is 5.10. The van der Waals surface area contributed by atoms with Crippen molar-refractivity contribution in [3.05, 3.63) is 40.2 Å². The van der Waals surface area contributed by atoms with Crippen molar-refractivity contribution in [1.82, 2.24) is 14.8 Å². The second kappa shape index (κ2) is 4.47. The van der Waals surface area contributed by atoms with E-state index >= 15 is 0 Å². The van der Waals surface area contributed by atoms with E-state index in [4.69, 9.17) is 17.5 Å². The van der Waals surface area contributed by atoms with Crippen LogP contribution in [0.5, 0.6) is 0 Å². The number of benzene rings is 1. The van der Waals surface area contributed by atoms with Crippen LogP contribution in [0.4, 0.5) is 4.39 Å². The van der Waals surface area contributed by atoms with Crippen LogP contribution in [0.3, 0.4) is 0 Å². The Morgan fingerprint density at radius 2 is 2.35 bits per heavy atom. The van der Waals surface area contributed by atoms with Crippen LogP contribution in [-0.4, -0.2) is 14.8 Å². The third-order valence-corrected chi connectivity index (χ3v) is 2.66. The van der Waals surface area contributed by atoms with E-state index in [1.54, 1.807) is 16.7 Å². The lowest BCUT2D eigenvalue weighted by Gasteiger charge is -2.05. The molecule has 0 saturated carbocycles.